The van der Waals surface area contributed by atoms with Crippen LogP contribution in [-0.4, -0.2) is 7.05 Å². The van der Waals surface area contributed by atoms with Crippen molar-refractivity contribution in [2.24, 2.45) is 0 Å². The van der Waals surface area contributed by atoms with Crippen LogP contribution in [0.5, 0.6) is 11.5 Å². The summed E-state index contributed by atoms with van der Waals surface area (Å²) in [5.74, 6) is -1.43. The van der Waals surface area contributed by atoms with E-state index in [2.05, 4.69) is 5.32 Å². The Bertz CT molecular complexity index is 695. The Morgan fingerprint density at radius 2 is 1.95 bits per heavy atom. The van der Waals surface area contributed by atoms with Gasteiger partial charge in [0.1, 0.15) is 0 Å². The van der Waals surface area contributed by atoms with Gasteiger partial charge < -0.3 is 10.1 Å². The minimum absolute atomic E-state index is 0.0250. The summed E-state index contributed by atoms with van der Waals surface area (Å²) in [4.78, 5) is 0. The Balaban J connectivity index is 2.42. The third-order valence-electron chi connectivity index (χ3n) is 3.17. The number of hydrogen-bond donors (Lipinski definition) is 1. The Morgan fingerprint density at radius 1 is 1.19 bits per heavy atom. The molecule has 0 fully saturated rings. The number of rotatable bonds is 4. The van der Waals surface area contributed by atoms with Crippen LogP contribution in [0, 0.1) is 23.0 Å². The van der Waals surface area contributed by atoms with Gasteiger partial charge in [0.2, 0.25) is 0 Å². The molecule has 108 valence electrons. The van der Waals surface area contributed by atoms with Gasteiger partial charge in [0.15, 0.2) is 23.1 Å². The van der Waals surface area contributed by atoms with E-state index in [1.807, 2.05) is 13.0 Å². The highest BCUT2D eigenvalue weighted by Gasteiger charge is 2.17. The molecule has 0 aliphatic heterocycles. The van der Waals surface area contributed by atoms with Gasteiger partial charge in [-0.15, -0.1) is 0 Å². The predicted molar refractivity (Wildman–Crippen MR) is 75.1 cm³/mol. The van der Waals surface area contributed by atoms with E-state index in [1.54, 1.807) is 19.2 Å². The first-order chi connectivity index (χ1) is 10.1. The summed E-state index contributed by atoms with van der Waals surface area (Å²) in [5, 5.41) is 11.7. The Labute approximate surface area is 121 Å². The standard InChI is InChI=1S/C16H14F2N2O/c1-10(20-2)12-4-3-5-13(17)16(12)21-15-7-6-11(9-19)8-14(15)18/h3-8,10,20H,1-2H3. The lowest BCUT2D eigenvalue weighted by Gasteiger charge is -2.17. The third kappa shape index (κ3) is 3.18. The van der Waals surface area contributed by atoms with E-state index in [4.69, 9.17) is 10.00 Å². The monoisotopic (exact) mass is 288 g/mol. The average Bonchev–Trinajstić information content (AvgIpc) is 2.50. The Morgan fingerprint density at radius 3 is 2.57 bits per heavy atom. The third-order valence-corrected chi connectivity index (χ3v) is 3.17. The zero-order valence-electron chi connectivity index (χ0n) is 11.7. The molecule has 5 heteroatoms. The second kappa shape index (κ2) is 6.33. The van der Waals surface area contributed by atoms with Crippen LogP contribution < -0.4 is 10.1 Å². The summed E-state index contributed by atoms with van der Waals surface area (Å²) in [5.41, 5.74) is 0.762. The van der Waals surface area contributed by atoms with Crippen molar-refractivity contribution in [3.05, 3.63) is 59.2 Å². The van der Waals surface area contributed by atoms with Gasteiger partial charge in [-0.05, 0) is 38.2 Å². The number of hydrogen-bond acceptors (Lipinski definition) is 3. The maximum absolute atomic E-state index is 14.0. The molecule has 0 saturated carbocycles. The van der Waals surface area contributed by atoms with Crippen molar-refractivity contribution >= 4 is 0 Å². The fourth-order valence-corrected chi connectivity index (χ4v) is 1.89. The average molecular weight is 288 g/mol. The normalized spacial score (nSPS) is 11.8. The SMILES string of the molecule is CNC(C)c1cccc(F)c1Oc1ccc(C#N)cc1F. The number of para-hydroxylation sites is 1. The molecule has 0 radical (unpaired) electrons. The van der Waals surface area contributed by atoms with Crippen LogP contribution in [0.1, 0.15) is 24.1 Å². The predicted octanol–water partition coefficient (Wildman–Crippen LogP) is 3.91. The van der Waals surface area contributed by atoms with E-state index in [0.717, 1.165) is 6.07 Å². The number of nitrogens with one attached hydrogen (secondary N) is 1. The van der Waals surface area contributed by atoms with Gasteiger partial charge in [0, 0.05) is 11.6 Å². The highest BCUT2D eigenvalue weighted by molar-refractivity contribution is 5.43. The zero-order chi connectivity index (χ0) is 15.4. The van der Waals surface area contributed by atoms with Gasteiger partial charge in [-0.1, -0.05) is 12.1 Å². The summed E-state index contributed by atoms with van der Waals surface area (Å²) in [7, 11) is 1.74. The molecule has 0 bridgehead atoms. The van der Waals surface area contributed by atoms with Gasteiger partial charge in [0.05, 0.1) is 11.6 Å². The molecule has 0 aliphatic rings. The molecule has 0 aromatic heterocycles. The highest BCUT2D eigenvalue weighted by atomic mass is 19.1. The van der Waals surface area contributed by atoms with E-state index in [1.165, 1.54) is 18.2 Å². The lowest BCUT2D eigenvalue weighted by atomic mass is 10.1. The van der Waals surface area contributed by atoms with Crippen molar-refractivity contribution in [2.75, 3.05) is 7.05 Å². The highest BCUT2D eigenvalue weighted by Crippen LogP contribution is 2.33. The van der Waals surface area contributed by atoms with Crippen molar-refractivity contribution in [3.63, 3.8) is 0 Å². The molecule has 1 unspecified atom stereocenters. The van der Waals surface area contributed by atoms with E-state index in [9.17, 15) is 8.78 Å². The topological polar surface area (TPSA) is 45.0 Å². The van der Waals surface area contributed by atoms with Gasteiger partial charge in [-0.2, -0.15) is 5.26 Å². The molecule has 2 aromatic carbocycles. The zero-order valence-corrected chi connectivity index (χ0v) is 11.7. The Kier molecular flexibility index (Phi) is 4.51. The van der Waals surface area contributed by atoms with Crippen LogP contribution in [0.25, 0.3) is 0 Å². The summed E-state index contributed by atoms with van der Waals surface area (Å²) in [6.45, 7) is 1.84. The summed E-state index contributed by atoms with van der Waals surface area (Å²) >= 11 is 0. The molecule has 0 spiro atoms. The number of ether oxygens (including phenoxy) is 1. The molecule has 3 nitrogen and oxygen atoms in total. The van der Waals surface area contributed by atoms with E-state index in [-0.39, 0.29) is 23.1 Å². The molecule has 0 heterocycles. The van der Waals surface area contributed by atoms with Gasteiger partial charge in [-0.25, -0.2) is 8.78 Å². The summed E-state index contributed by atoms with van der Waals surface area (Å²) in [6, 6.07) is 9.99. The second-order valence-corrected chi connectivity index (χ2v) is 4.53. The summed E-state index contributed by atoms with van der Waals surface area (Å²) < 4.78 is 33.2. The molecule has 0 amide bonds. The van der Waals surface area contributed by atoms with Crippen molar-refractivity contribution < 1.29 is 13.5 Å². The number of nitrogens with zero attached hydrogens (tertiary/aromatic N) is 1. The Hall–Kier alpha value is -2.45. The second-order valence-electron chi connectivity index (χ2n) is 4.53. The minimum Gasteiger partial charge on any atom is -0.451 e. The maximum Gasteiger partial charge on any atom is 0.167 e. The van der Waals surface area contributed by atoms with Crippen molar-refractivity contribution in [1.29, 1.82) is 5.26 Å². The largest absolute Gasteiger partial charge is 0.451 e. The first kappa shape index (κ1) is 14.9. The van der Waals surface area contributed by atoms with Crippen LogP contribution in [-0.2, 0) is 0 Å². The van der Waals surface area contributed by atoms with Gasteiger partial charge in [0.25, 0.3) is 0 Å². The summed E-state index contributed by atoms with van der Waals surface area (Å²) in [6.07, 6.45) is 0. The number of benzene rings is 2. The van der Waals surface area contributed by atoms with E-state index < -0.39 is 11.6 Å². The first-order valence-corrected chi connectivity index (χ1v) is 6.40. The smallest absolute Gasteiger partial charge is 0.167 e. The molecule has 1 N–H and O–H groups in total. The maximum atomic E-state index is 14.0. The van der Waals surface area contributed by atoms with Gasteiger partial charge >= 0.3 is 0 Å². The first-order valence-electron chi connectivity index (χ1n) is 6.40. The quantitative estimate of drug-likeness (QED) is 0.927. The molecule has 0 saturated heterocycles. The molecule has 2 aromatic rings. The molecule has 0 aliphatic carbocycles. The molecular formula is C16H14F2N2O. The van der Waals surface area contributed by atoms with Gasteiger partial charge in [-0.3, -0.25) is 0 Å². The van der Waals surface area contributed by atoms with Crippen LogP contribution >= 0.6 is 0 Å². The molecule has 1 atom stereocenters. The fraction of sp³-hybridized carbons (Fsp3) is 0.188. The minimum atomic E-state index is -0.708. The lowest BCUT2D eigenvalue weighted by Crippen LogP contribution is -2.13. The molecule has 21 heavy (non-hydrogen) atoms. The molecule has 2 rings (SSSR count). The number of nitriles is 1. The van der Waals surface area contributed by atoms with Crippen molar-refractivity contribution in [1.82, 2.24) is 5.32 Å². The van der Waals surface area contributed by atoms with Crippen LogP contribution in [0.2, 0.25) is 0 Å². The molecular weight excluding hydrogens is 274 g/mol. The van der Waals surface area contributed by atoms with Crippen LogP contribution in [0.15, 0.2) is 36.4 Å². The van der Waals surface area contributed by atoms with Crippen molar-refractivity contribution in [3.8, 4) is 17.6 Å². The van der Waals surface area contributed by atoms with E-state index >= 15 is 0 Å². The lowest BCUT2D eigenvalue weighted by molar-refractivity contribution is 0.404. The van der Waals surface area contributed by atoms with E-state index in [0.29, 0.717) is 5.56 Å². The number of halogens is 2. The van der Waals surface area contributed by atoms with Crippen molar-refractivity contribution in [2.45, 2.75) is 13.0 Å². The van der Waals surface area contributed by atoms with Crippen LogP contribution in [0.4, 0.5) is 8.78 Å². The fourth-order valence-electron chi connectivity index (χ4n) is 1.89. The van der Waals surface area contributed by atoms with Crippen LogP contribution in [0.3, 0.4) is 0 Å².